The van der Waals surface area contributed by atoms with Crippen LogP contribution in [0.25, 0.3) is 0 Å². The molecule has 0 bridgehead atoms. The summed E-state index contributed by atoms with van der Waals surface area (Å²) >= 11 is 0. The first-order valence-corrected chi connectivity index (χ1v) is 22.8. The van der Waals surface area contributed by atoms with Gasteiger partial charge in [0.15, 0.2) is 0 Å². The van der Waals surface area contributed by atoms with Crippen LogP contribution >= 0.6 is 21.6 Å². The number of rotatable bonds is 38. The van der Waals surface area contributed by atoms with Crippen molar-refractivity contribution in [2.75, 3.05) is 38.8 Å². The Morgan fingerprint density at radius 2 is 0.936 bits per heavy atom. The molecule has 0 aromatic heterocycles. The molecule has 0 heterocycles. The molecule has 47 heavy (non-hydrogen) atoms. The van der Waals surface area contributed by atoms with Gasteiger partial charge in [-0.25, -0.2) is 0 Å². The van der Waals surface area contributed by atoms with Gasteiger partial charge in [0.1, 0.15) is 0 Å². The molecule has 0 aromatic carbocycles. The number of ether oxygens (including phenoxy) is 1. The first-order valence-electron chi connectivity index (χ1n) is 20.3. The van der Waals surface area contributed by atoms with Crippen LogP contribution in [0.2, 0.25) is 0 Å². The summed E-state index contributed by atoms with van der Waals surface area (Å²) in [7, 11) is 8.38. The van der Waals surface area contributed by atoms with Gasteiger partial charge >= 0.3 is 0 Å². The van der Waals surface area contributed by atoms with Crippen LogP contribution in [-0.4, -0.2) is 49.8 Å². The first kappa shape index (κ1) is 46.6. The molecular weight excluding hydrogens is 611 g/mol. The van der Waals surface area contributed by atoms with Crippen molar-refractivity contribution in [2.45, 2.75) is 187 Å². The molecule has 0 saturated heterocycles. The summed E-state index contributed by atoms with van der Waals surface area (Å²) in [5.41, 5.74) is 0. The molecule has 2 nitrogen and oxygen atoms in total. The highest BCUT2D eigenvalue weighted by molar-refractivity contribution is 8.76. The predicted octanol–water partition coefficient (Wildman–Crippen LogP) is 14.7. The summed E-state index contributed by atoms with van der Waals surface area (Å²) in [5, 5.41) is 0. The van der Waals surface area contributed by atoms with E-state index in [1.54, 1.807) is 0 Å². The van der Waals surface area contributed by atoms with Gasteiger partial charge in [-0.1, -0.05) is 180 Å². The van der Waals surface area contributed by atoms with Crippen molar-refractivity contribution in [3.63, 3.8) is 0 Å². The summed E-state index contributed by atoms with van der Waals surface area (Å²) in [6.45, 7) is 6.64. The van der Waals surface area contributed by atoms with Gasteiger partial charge in [0.25, 0.3) is 0 Å². The number of unbranched alkanes of at least 4 members (excludes halogenated alkanes) is 19. The Hall–Kier alpha value is -0.420. The molecule has 0 aliphatic heterocycles. The van der Waals surface area contributed by atoms with Crippen molar-refractivity contribution in [3.05, 3.63) is 48.6 Å². The fourth-order valence-electron chi connectivity index (χ4n) is 5.48. The van der Waals surface area contributed by atoms with E-state index in [1.165, 1.54) is 160 Å². The molecule has 0 aromatic rings. The molecule has 1 atom stereocenters. The highest BCUT2D eigenvalue weighted by Crippen LogP contribution is 2.25. The Morgan fingerprint density at radius 1 is 0.489 bits per heavy atom. The molecule has 0 N–H and O–H groups in total. The lowest BCUT2D eigenvalue weighted by atomic mass is 10.1. The maximum atomic E-state index is 6.45. The van der Waals surface area contributed by atoms with Crippen LogP contribution in [0.1, 0.15) is 181 Å². The zero-order valence-corrected chi connectivity index (χ0v) is 33.7. The monoisotopic (exact) mass is 692 g/mol. The van der Waals surface area contributed by atoms with Crippen LogP contribution in [0.3, 0.4) is 0 Å². The molecule has 1 unspecified atom stereocenters. The summed E-state index contributed by atoms with van der Waals surface area (Å²) in [6, 6.07) is 0. The van der Waals surface area contributed by atoms with Gasteiger partial charge in [0.2, 0.25) is 0 Å². The first-order chi connectivity index (χ1) is 23.2. The number of nitrogens with zero attached hydrogens (tertiary/aromatic N) is 1. The third-order valence-corrected chi connectivity index (χ3v) is 11.1. The van der Waals surface area contributed by atoms with Crippen molar-refractivity contribution in [2.24, 2.45) is 0 Å². The Kier molecular flexibility index (Phi) is 41.4. The van der Waals surface area contributed by atoms with Crippen molar-refractivity contribution in [1.82, 2.24) is 4.90 Å². The van der Waals surface area contributed by atoms with Crippen molar-refractivity contribution in [1.29, 1.82) is 0 Å². The van der Waals surface area contributed by atoms with Gasteiger partial charge in [0, 0.05) is 24.7 Å². The van der Waals surface area contributed by atoms with Gasteiger partial charge < -0.3 is 9.64 Å². The maximum absolute atomic E-state index is 6.45. The van der Waals surface area contributed by atoms with E-state index in [1.807, 2.05) is 21.6 Å². The Labute approximate surface area is 304 Å². The van der Waals surface area contributed by atoms with Crippen molar-refractivity contribution >= 4 is 21.6 Å². The largest absolute Gasteiger partial charge is 0.377 e. The maximum Gasteiger partial charge on any atom is 0.0673 e. The molecule has 4 heteroatoms. The van der Waals surface area contributed by atoms with E-state index in [-0.39, 0.29) is 0 Å². The quantitative estimate of drug-likeness (QED) is 0.0363. The summed E-state index contributed by atoms with van der Waals surface area (Å²) in [6.07, 6.45) is 53.4. The van der Waals surface area contributed by atoms with Crippen LogP contribution in [0.4, 0.5) is 0 Å². The number of hydrogen-bond acceptors (Lipinski definition) is 4. The second-order valence-corrected chi connectivity index (χ2v) is 16.3. The smallest absolute Gasteiger partial charge is 0.0673 e. The van der Waals surface area contributed by atoms with Gasteiger partial charge in [-0.3, -0.25) is 0 Å². The van der Waals surface area contributed by atoms with Crippen LogP contribution in [-0.2, 0) is 4.74 Å². The van der Waals surface area contributed by atoms with Crippen LogP contribution < -0.4 is 0 Å². The molecule has 0 radical (unpaired) electrons. The number of allylic oxidation sites excluding steroid dienone is 8. The molecule has 0 aliphatic carbocycles. The van der Waals surface area contributed by atoms with Crippen molar-refractivity contribution < 1.29 is 4.74 Å². The zero-order valence-electron chi connectivity index (χ0n) is 32.1. The highest BCUT2D eigenvalue weighted by atomic mass is 33.1. The normalized spacial score (nSPS) is 13.1. The Balaban J connectivity index is 3.84. The van der Waals surface area contributed by atoms with E-state index in [0.29, 0.717) is 6.10 Å². The summed E-state index contributed by atoms with van der Waals surface area (Å²) in [5.74, 6) is 2.34. The molecule has 0 spiro atoms. The molecule has 0 fully saturated rings. The second-order valence-electron chi connectivity index (χ2n) is 13.7. The lowest BCUT2D eigenvalue weighted by Gasteiger charge is -2.18. The van der Waals surface area contributed by atoms with E-state index in [9.17, 15) is 0 Å². The molecule has 276 valence electrons. The Morgan fingerprint density at radius 3 is 1.45 bits per heavy atom. The molecule has 0 saturated carbocycles. The SMILES string of the molecule is CCCC/C=C/C/C=C\CCCCCCCCOC(CCCCCCCCCC/C=C\C/C=C\CCCCC)CSSCCN(C)C. The lowest BCUT2D eigenvalue weighted by molar-refractivity contribution is 0.0590. The summed E-state index contributed by atoms with van der Waals surface area (Å²) in [4.78, 5) is 2.28. The van der Waals surface area contributed by atoms with Crippen molar-refractivity contribution in [3.8, 4) is 0 Å². The molecule has 0 aliphatic rings. The van der Waals surface area contributed by atoms with Gasteiger partial charge in [-0.05, 0) is 84.7 Å². The summed E-state index contributed by atoms with van der Waals surface area (Å²) < 4.78 is 6.45. The van der Waals surface area contributed by atoms with E-state index >= 15 is 0 Å². The minimum atomic E-state index is 0.435. The third-order valence-electron chi connectivity index (χ3n) is 8.63. The van der Waals surface area contributed by atoms with Gasteiger partial charge in [-0.15, -0.1) is 0 Å². The van der Waals surface area contributed by atoms with Gasteiger partial charge in [-0.2, -0.15) is 0 Å². The highest BCUT2D eigenvalue weighted by Gasteiger charge is 2.10. The molecule has 0 rings (SSSR count). The minimum Gasteiger partial charge on any atom is -0.377 e. The van der Waals surface area contributed by atoms with Gasteiger partial charge in [0.05, 0.1) is 6.10 Å². The second kappa shape index (κ2) is 41.7. The molecule has 0 amide bonds. The number of hydrogen-bond donors (Lipinski definition) is 0. The van der Waals surface area contributed by atoms with E-state index < -0.39 is 0 Å². The average Bonchev–Trinajstić information content (AvgIpc) is 3.06. The lowest BCUT2D eigenvalue weighted by Crippen LogP contribution is -2.17. The predicted molar refractivity (Wildman–Crippen MR) is 221 cm³/mol. The van der Waals surface area contributed by atoms with Crippen LogP contribution in [0, 0.1) is 0 Å². The third kappa shape index (κ3) is 41.7. The van der Waals surface area contributed by atoms with Crippen LogP contribution in [0.15, 0.2) is 48.6 Å². The standard InChI is InChI=1S/C43H81NOS2/c1-5-7-9-11-13-15-17-19-21-22-23-24-26-28-30-32-34-36-38-43(42-47-46-41-39-44(3)4)45-40-37-35-33-31-29-27-25-20-18-16-14-12-10-8-6-2/h12-15,18-21,43H,5-11,16-17,22-42H2,1-4H3/b14-12+,15-13-,20-18-,21-19-. The van der Waals surface area contributed by atoms with E-state index in [4.69, 9.17) is 4.74 Å². The van der Waals surface area contributed by atoms with E-state index in [2.05, 4.69) is 81.5 Å². The zero-order chi connectivity index (χ0) is 34.1. The fraction of sp³-hybridized carbons (Fsp3) is 0.814. The topological polar surface area (TPSA) is 12.5 Å². The minimum absolute atomic E-state index is 0.435. The molecular formula is C43H81NOS2. The van der Waals surface area contributed by atoms with Crippen LogP contribution in [0.5, 0.6) is 0 Å². The average molecular weight is 692 g/mol. The Bertz CT molecular complexity index is 702. The fourth-order valence-corrected chi connectivity index (χ4v) is 7.87. The van der Waals surface area contributed by atoms with E-state index in [0.717, 1.165) is 31.7 Å².